The molecule has 0 aliphatic rings. The first-order chi connectivity index (χ1) is 12.2. The topological polar surface area (TPSA) is 26.3 Å². The van der Waals surface area contributed by atoms with E-state index in [2.05, 4.69) is 20.4 Å². The standard InChI is InChI=1S/C23H44O2/c1-4-7-9-11-13-15-17-19-22(20-21-25-23(24)6-3)18-16-14-12-10-8-5-2/h6,22H,3-5,7-21H2,1-2H3. The monoisotopic (exact) mass is 352 g/mol. The van der Waals surface area contributed by atoms with Crippen LogP contribution in [0.25, 0.3) is 0 Å². The number of hydrogen-bond acceptors (Lipinski definition) is 2. The van der Waals surface area contributed by atoms with E-state index in [9.17, 15) is 4.79 Å². The SMILES string of the molecule is C=CC(=O)OCCC(CCCCCCCC)CCCCCCCCC. The van der Waals surface area contributed by atoms with E-state index >= 15 is 0 Å². The molecule has 0 saturated carbocycles. The Balaban J connectivity index is 3.85. The van der Waals surface area contributed by atoms with E-state index in [0.717, 1.165) is 12.3 Å². The number of esters is 1. The molecule has 1 unspecified atom stereocenters. The summed E-state index contributed by atoms with van der Waals surface area (Å²) < 4.78 is 5.20. The van der Waals surface area contributed by atoms with E-state index in [4.69, 9.17) is 4.74 Å². The van der Waals surface area contributed by atoms with Gasteiger partial charge >= 0.3 is 5.97 Å². The normalized spacial score (nSPS) is 12.1. The highest BCUT2D eigenvalue weighted by Crippen LogP contribution is 2.22. The summed E-state index contributed by atoms with van der Waals surface area (Å²) in [7, 11) is 0. The Bertz CT molecular complexity index is 298. The Labute approximate surface area is 157 Å². The van der Waals surface area contributed by atoms with Gasteiger partial charge in [-0.2, -0.15) is 0 Å². The van der Waals surface area contributed by atoms with Gasteiger partial charge in [0.2, 0.25) is 0 Å². The molecular weight excluding hydrogens is 308 g/mol. The van der Waals surface area contributed by atoms with Crippen molar-refractivity contribution >= 4 is 5.97 Å². The Morgan fingerprint density at radius 3 is 1.64 bits per heavy atom. The lowest BCUT2D eigenvalue weighted by molar-refractivity contribution is -0.138. The fraction of sp³-hybridized carbons (Fsp3) is 0.870. The first kappa shape index (κ1) is 24.2. The first-order valence-corrected chi connectivity index (χ1v) is 11.0. The van der Waals surface area contributed by atoms with E-state index in [1.54, 1.807) is 0 Å². The van der Waals surface area contributed by atoms with Crippen LogP contribution in [-0.4, -0.2) is 12.6 Å². The van der Waals surface area contributed by atoms with Crippen LogP contribution in [0.15, 0.2) is 12.7 Å². The smallest absolute Gasteiger partial charge is 0.330 e. The predicted octanol–water partition coefficient (Wildman–Crippen LogP) is 7.61. The molecule has 0 aromatic heterocycles. The van der Waals surface area contributed by atoms with Gasteiger partial charge in [0.05, 0.1) is 6.61 Å². The molecule has 0 N–H and O–H groups in total. The van der Waals surface area contributed by atoms with Crippen molar-refractivity contribution in [1.29, 1.82) is 0 Å². The van der Waals surface area contributed by atoms with Gasteiger partial charge in [-0.3, -0.25) is 0 Å². The van der Waals surface area contributed by atoms with Gasteiger partial charge in [-0.1, -0.05) is 117 Å². The highest BCUT2D eigenvalue weighted by molar-refractivity contribution is 5.81. The lowest BCUT2D eigenvalue weighted by Gasteiger charge is -2.17. The predicted molar refractivity (Wildman–Crippen MR) is 110 cm³/mol. The molecule has 2 nitrogen and oxygen atoms in total. The lowest BCUT2D eigenvalue weighted by Crippen LogP contribution is -2.09. The van der Waals surface area contributed by atoms with Crippen molar-refractivity contribution in [1.82, 2.24) is 0 Å². The van der Waals surface area contributed by atoms with E-state index in [1.807, 2.05) is 0 Å². The number of hydrogen-bond donors (Lipinski definition) is 0. The molecule has 0 saturated heterocycles. The fourth-order valence-electron chi connectivity index (χ4n) is 3.42. The molecule has 148 valence electrons. The van der Waals surface area contributed by atoms with Crippen molar-refractivity contribution < 1.29 is 9.53 Å². The third-order valence-electron chi connectivity index (χ3n) is 5.12. The molecule has 0 aromatic rings. The Morgan fingerprint density at radius 1 is 0.760 bits per heavy atom. The van der Waals surface area contributed by atoms with Crippen molar-refractivity contribution in [3.8, 4) is 0 Å². The van der Waals surface area contributed by atoms with Gasteiger partial charge < -0.3 is 4.74 Å². The summed E-state index contributed by atoms with van der Waals surface area (Å²) in [5, 5.41) is 0. The highest BCUT2D eigenvalue weighted by Gasteiger charge is 2.10. The van der Waals surface area contributed by atoms with Crippen LogP contribution >= 0.6 is 0 Å². The van der Waals surface area contributed by atoms with Gasteiger partial charge in [0, 0.05) is 6.08 Å². The third-order valence-corrected chi connectivity index (χ3v) is 5.12. The number of carbonyl (C=O) groups excluding carboxylic acids is 1. The van der Waals surface area contributed by atoms with Crippen LogP contribution in [0.5, 0.6) is 0 Å². The molecule has 2 heteroatoms. The minimum Gasteiger partial charge on any atom is -0.463 e. The van der Waals surface area contributed by atoms with Crippen molar-refractivity contribution in [2.45, 2.75) is 117 Å². The number of unbranched alkanes of at least 4 members (excludes halogenated alkanes) is 11. The lowest BCUT2D eigenvalue weighted by atomic mass is 9.91. The minimum absolute atomic E-state index is 0.283. The molecular formula is C23H44O2. The zero-order chi connectivity index (χ0) is 18.6. The molecule has 1 atom stereocenters. The van der Waals surface area contributed by atoms with Crippen LogP contribution in [0.3, 0.4) is 0 Å². The van der Waals surface area contributed by atoms with Crippen LogP contribution < -0.4 is 0 Å². The van der Waals surface area contributed by atoms with Gasteiger partial charge in [-0.15, -0.1) is 0 Å². The average Bonchev–Trinajstić information content (AvgIpc) is 2.62. The Hall–Kier alpha value is -0.790. The second-order valence-electron chi connectivity index (χ2n) is 7.49. The van der Waals surface area contributed by atoms with Gasteiger partial charge in [-0.25, -0.2) is 4.79 Å². The molecule has 0 aromatic carbocycles. The molecule has 0 rings (SSSR count). The van der Waals surface area contributed by atoms with Crippen molar-refractivity contribution in [2.24, 2.45) is 5.92 Å². The maximum Gasteiger partial charge on any atom is 0.330 e. The molecule has 0 aliphatic heterocycles. The fourth-order valence-corrected chi connectivity index (χ4v) is 3.42. The summed E-state index contributed by atoms with van der Waals surface area (Å²) in [4.78, 5) is 11.2. The molecule has 0 bridgehead atoms. The molecule has 0 radical (unpaired) electrons. The van der Waals surface area contributed by atoms with Crippen molar-refractivity contribution in [3.63, 3.8) is 0 Å². The summed E-state index contributed by atoms with van der Waals surface area (Å²) in [5.41, 5.74) is 0. The van der Waals surface area contributed by atoms with Crippen LogP contribution in [0.4, 0.5) is 0 Å². The third kappa shape index (κ3) is 17.8. The van der Waals surface area contributed by atoms with Crippen LogP contribution in [0, 0.1) is 5.92 Å². The average molecular weight is 353 g/mol. The number of ether oxygens (including phenoxy) is 1. The van der Waals surface area contributed by atoms with Crippen LogP contribution in [-0.2, 0) is 9.53 Å². The summed E-state index contributed by atoms with van der Waals surface area (Å²) in [6.07, 6.45) is 22.6. The van der Waals surface area contributed by atoms with Gasteiger partial charge in [0.25, 0.3) is 0 Å². The molecule has 0 spiro atoms. The van der Waals surface area contributed by atoms with Gasteiger partial charge in [-0.05, 0) is 12.3 Å². The quantitative estimate of drug-likeness (QED) is 0.136. The van der Waals surface area contributed by atoms with E-state index < -0.39 is 0 Å². The summed E-state index contributed by atoms with van der Waals surface area (Å²) >= 11 is 0. The Kier molecular flexibility index (Phi) is 18.9. The van der Waals surface area contributed by atoms with E-state index in [1.165, 1.54) is 102 Å². The van der Waals surface area contributed by atoms with E-state index in [0.29, 0.717) is 6.61 Å². The van der Waals surface area contributed by atoms with Gasteiger partial charge in [0.1, 0.15) is 0 Å². The molecule has 0 aliphatic carbocycles. The molecule has 25 heavy (non-hydrogen) atoms. The number of carbonyl (C=O) groups is 1. The summed E-state index contributed by atoms with van der Waals surface area (Å²) in [5.74, 6) is 0.439. The van der Waals surface area contributed by atoms with Crippen molar-refractivity contribution in [2.75, 3.05) is 6.61 Å². The highest BCUT2D eigenvalue weighted by atomic mass is 16.5. The van der Waals surface area contributed by atoms with Crippen LogP contribution in [0.1, 0.15) is 117 Å². The molecule has 0 fully saturated rings. The van der Waals surface area contributed by atoms with Gasteiger partial charge in [0.15, 0.2) is 0 Å². The van der Waals surface area contributed by atoms with Crippen molar-refractivity contribution in [3.05, 3.63) is 12.7 Å². The largest absolute Gasteiger partial charge is 0.463 e. The summed E-state index contributed by atoms with van der Waals surface area (Å²) in [6.45, 7) is 8.55. The molecule has 0 amide bonds. The first-order valence-electron chi connectivity index (χ1n) is 11.0. The molecule has 0 heterocycles. The summed E-state index contributed by atoms with van der Waals surface area (Å²) in [6, 6.07) is 0. The zero-order valence-corrected chi connectivity index (χ0v) is 17.2. The second-order valence-corrected chi connectivity index (χ2v) is 7.49. The minimum atomic E-state index is -0.283. The maximum absolute atomic E-state index is 11.2. The zero-order valence-electron chi connectivity index (χ0n) is 17.2. The number of rotatable bonds is 19. The maximum atomic E-state index is 11.2. The van der Waals surface area contributed by atoms with Crippen LogP contribution in [0.2, 0.25) is 0 Å². The van der Waals surface area contributed by atoms with E-state index in [-0.39, 0.29) is 5.97 Å². The Morgan fingerprint density at radius 2 is 1.20 bits per heavy atom. The second kappa shape index (κ2) is 19.5.